The molecule has 3 aromatic rings. The van der Waals surface area contributed by atoms with Crippen molar-refractivity contribution in [3.05, 3.63) is 54.0 Å². The number of hydrogen-bond donors (Lipinski definition) is 1. The summed E-state index contributed by atoms with van der Waals surface area (Å²) in [6.07, 6.45) is -10.5. The molecule has 0 radical (unpaired) electrons. The number of benzene rings is 1. The molecule has 154 valence electrons. The van der Waals surface area contributed by atoms with Gasteiger partial charge in [-0.05, 0) is 24.3 Å². The molecule has 1 aromatic carbocycles. The minimum atomic E-state index is -4.65. The molecule has 2 aromatic heterocycles. The average Bonchev–Trinajstić information content (AvgIpc) is 2.95. The van der Waals surface area contributed by atoms with E-state index < -0.39 is 42.5 Å². The van der Waals surface area contributed by atoms with Crippen molar-refractivity contribution in [2.45, 2.75) is 25.2 Å². The molecule has 0 aliphatic carbocycles. The maximum Gasteiger partial charge on any atom is 0.416 e. The van der Waals surface area contributed by atoms with Crippen LogP contribution >= 0.6 is 0 Å². The standard InChI is InChI=1S/C18H12F7N3O/c19-12-4-5-13-26-16(27-14(29)6-7-17(20,21)22)15(28(13)9-12)10-2-1-3-11(8-10)18(23,24)25/h1-5,8-9H,6-7H2,(H,27,29). The molecule has 1 N–H and O–H groups in total. The Morgan fingerprint density at radius 1 is 1.07 bits per heavy atom. The van der Waals surface area contributed by atoms with Gasteiger partial charge in [0.2, 0.25) is 5.91 Å². The van der Waals surface area contributed by atoms with Gasteiger partial charge in [0, 0.05) is 18.2 Å². The SMILES string of the molecule is O=C(CCC(F)(F)F)Nc1nc2ccc(F)cn2c1-c1cccc(C(F)(F)F)c1. The number of anilines is 1. The van der Waals surface area contributed by atoms with Crippen molar-refractivity contribution in [2.24, 2.45) is 0 Å². The van der Waals surface area contributed by atoms with Crippen LogP contribution < -0.4 is 5.32 Å². The third-order valence-corrected chi connectivity index (χ3v) is 3.94. The summed E-state index contributed by atoms with van der Waals surface area (Å²) < 4.78 is 90.9. The van der Waals surface area contributed by atoms with Gasteiger partial charge >= 0.3 is 12.4 Å². The van der Waals surface area contributed by atoms with E-state index >= 15 is 0 Å². The van der Waals surface area contributed by atoms with E-state index in [2.05, 4.69) is 10.3 Å². The smallest absolute Gasteiger partial charge is 0.309 e. The topological polar surface area (TPSA) is 46.4 Å². The first-order valence-corrected chi connectivity index (χ1v) is 8.16. The summed E-state index contributed by atoms with van der Waals surface area (Å²) in [4.78, 5) is 15.9. The molecule has 0 unspecified atom stereocenters. The van der Waals surface area contributed by atoms with Gasteiger partial charge in [0.1, 0.15) is 11.5 Å². The van der Waals surface area contributed by atoms with Crippen molar-refractivity contribution in [3.8, 4) is 11.3 Å². The van der Waals surface area contributed by atoms with Gasteiger partial charge < -0.3 is 5.32 Å². The Morgan fingerprint density at radius 2 is 1.79 bits per heavy atom. The lowest BCUT2D eigenvalue weighted by Gasteiger charge is -2.11. The summed E-state index contributed by atoms with van der Waals surface area (Å²) in [5.41, 5.74) is -1.05. The fraction of sp³-hybridized carbons (Fsp3) is 0.222. The molecular formula is C18H12F7N3O. The molecule has 0 fully saturated rings. The van der Waals surface area contributed by atoms with Crippen LogP contribution in [0.5, 0.6) is 0 Å². The average molecular weight is 419 g/mol. The maximum atomic E-state index is 13.7. The summed E-state index contributed by atoms with van der Waals surface area (Å²) in [5, 5.41) is 2.17. The summed E-state index contributed by atoms with van der Waals surface area (Å²) in [6, 6.07) is 6.28. The fourth-order valence-electron chi connectivity index (χ4n) is 2.67. The number of fused-ring (bicyclic) bond motifs is 1. The number of nitrogens with zero attached hydrogens (tertiary/aromatic N) is 2. The van der Waals surface area contributed by atoms with Gasteiger partial charge in [-0.25, -0.2) is 9.37 Å². The third kappa shape index (κ3) is 4.84. The zero-order valence-electron chi connectivity index (χ0n) is 14.4. The van der Waals surface area contributed by atoms with Crippen LogP contribution in [0.2, 0.25) is 0 Å². The number of carbonyl (C=O) groups excluding carboxylic acids is 1. The van der Waals surface area contributed by atoms with Crippen molar-refractivity contribution < 1.29 is 35.5 Å². The summed E-state index contributed by atoms with van der Waals surface area (Å²) in [5.74, 6) is -2.03. The number of hydrogen-bond acceptors (Lipinski definition) is 2. The van der Waals surface area contributed by atoms with Crippen molar-refractivity contribution in [3.63, 3.8) is 0 Å². The molecular weight excluding hydrogens is 407 g/mol. The number of rotatable bonds is 4. The monoisotopic (exact) mass is 419 g/mol. The molecule has 1 amide bonds. The van der Waals surface area contributed by atoms with Gasteiger partial charge in [0.15, 0.2) is 5.82 Å². The molecule has 0 aliphatic heterocycles. The molecule has 0 bridgehead atoms. The summed E-state index contributed by atoms with van der Waals surface area (Å²) >= 11 is 0. The maximum absolute atomic E-state index is 13.7. The Kier molecular flexibility index (Phi) is 5.24. The van der Waals surface area contributed by atoms with Gasteiger partial charge in [0.25, 0.3) is 0 Å². The molecule has 29 heavy (non-hydrogen) atoms. The van der Waals surface area contributed by atoms with Crippen LogP contribution in [-0.2, 0) is 11.0 Å². The quantitative estimate of drug-likeness (QED) is 0.573. The lowest BCUT2D eigenvalue weighted by Crippen LogP contribution is -2.17. The number of amides is 1. The molecule has 0 saturated carbocycles. The van der Waals surface area contributed by atoms with Crippen LogP contribution in [0, 0.1) is 5.82 Å². The second-order valence-electron chi connectivity index (χ2n) is 6.13. The highest BCUT2D eigenvalue weighted by Gasteiger charge is 2.31. The zero-order chi connectivity index (χ0) is 21.4. The fourth-order valence-corrected chi connectivity index (χ4v) is 2.67. The largest absolute Gasteiger partial charge is 0.416 e. The first kappa shape index (κ1) is 20.6. The number of halogens is 7. The van der Waals surface area contributed by atoms with Crippen molar-refractivity contribution >= 4 is 17.4 Å². The van der Waals surface area contributed by atoms with E-state index in [-0.39, 0.29) is 22.7 Å². The zero-order valence-corrected chi connectivity index (χ0v) is 14.4. The number of carbonyl (C=O) groups is 1. The molecule has 0 atom stereocenters. The Hall–Kier alpha value is -3.11. The molecule has 4 nitrogen and oxygen atoms in total. The molecule has 0 saturated heterocycles. The summed E-state index contributed by atoms with van der Waals surface area (Å²) in [7, 11) is 0. The van der Waals surface area contributed by atoms with Crippen molar-refractivity contribution in [1.29, 1.82) is 0 Å². The van der Waals surface area contributed by atoms with Gasteiger partial charge in [-0.15, -0.1) is 0 Å². The Morgan fingerprint density at radius 3 is 2.45 bits per heavy atom. The summed E-state index contributed by atoms with van der Waals surface area (Å²) in [6.45, 7) is 0. The minimum Gasteiger partial charge on any atom is -0.309 e. The number of imidazole rings is 1. The normalized spacial score (nSPS) is 12.4. The minimum absolute atomic E-state index is 0.0518. The van der Waals surface area contributed by atoms with Gasteiger partial charge in [-0.3, -0.25) is 9.20 Å². The third-order valence-electron chi connectivity index (χ3n) is 3.94. The van der Waals surface area contributed by atoms with Crippen molar-refractivity contribution in [1.82, 2.24) is 9.38 Å². The van der Waals surface area contributed by atoms with E-state index in [9.17, 15) is 35.5 Å². The van der Waals surface area contributed by atoms with Crippen LogP contribution in [-0.4, -0.2) is 21.5 Å². The van der Waals surface area contributed by atoms with E-state index in [0.29, 0.717) is 0 Å². The Balaban J connectivity index is 2.06. The number of aromatic nitrogens is 2. The van der Waals surface area contributed by atoms with E-state index in [4.69, 9.17) is 0 Å². The van der Waals surface area contributed by atoms with Crippen LogP contribution in [0.1, 0.15) is 18.4 Å². The van der Waals surface area contributed by atoms with Gasteiger partial charge in [-0.2, -0.15) is 26.3 Å². The molecule has 0 spiro atoms. The second-order valence-corrected chi connectivity index (χ2v) is 6.13. The highest BCUT2D eigenvalue weighted by atomic mass is 19.4. The predicted molar refractivity (Wildman–Crippen MR) is 89.5 cm³/mol. The Labute approximate surface area is 159 Å². The molecule has 2 heterocycles. The van der Waals surface area contributed by atoms with E-state index in [1.54, 1.807) is 0 Å². The number of alkyl halides is 6. The van der Waals surface area contributed by atoms with Crippen LogP contribution in [0.15, 0.2) is 42.6 Å². The predicted octanol–water partition coefficient (Wildman–Crippen LogP) is 5.44. The lowest BCUT2D eigenvalue weighted by atomic mass is 10.1. The Bertz CT molecular complexity index is 1050. The van der Waals surface area contributed by atoms with E-state index in [0.717, 1.165) is 34.9 Å². The van der Waals surface area contributed by atoms with Gasteiger partial charge in [-0.1, -0.05) is 12.1 Å². The van der Waals surface area contributed by atoms with E-state index in [1.807, 2.05) is 0 Å². The molecule has 3 rings (SSSR count). The van der Waals surface area contributed by atoms with Crippen LogP contribution in [0.4, 0.5) is 36.6 Å². The highest BCUT2D eigenvalue weighted by Crippen LogP contribution is 2.35. The van der Waals surface area contributed by atoms with Gasteiger partial charge in [0.05, 0.1) is 17.7 Å². The second kappa shape index (κ2) is 7.37. The number of pyridine rings is 1. The lowest BCUT2D eigenvalue weighted by molar-refractivity contribution is -0.142. The highest BCUT2D eigenvalue weighted by molar-refractivity contribution is 5.94. The molecule has 0 aliphatic rings. The van der Waals surface area contributed by atoms with Crippen LogP contribution in [0.25, 0.3) is 16.9 Å². The molecule has 11 heteroatoms. The first-order valence-electron chi connectivity index (χ1n) is 8.16. The first-order chi connectivity index (χ1) is 13.4. The van der Waals surface area contributed by atoms with Crippen molar-refractivity contribution in [2.75, 3.05) is 5.32 Å². The number of nitrogens with one attached hydrogen (secondary N) is 1. The van der Waals surface area contributed by atoms with E-state index in [1.165, 1.54) is 12.1 Å². The van der Waals surface area contributed by atoms with Crippen LogP contribution in [0.3, 0.4) is 0 Å².